The summed E-state index contributed by atoms with van der Waals surface area (Å²) in [6, 6.07) is 2.53. The molecule has 2 aliphatic heterocycles. The van der Waals surface area contributed by atoms with Crippen LogP contribution in [0, 0.1) is 0 Å². The van der Waals surface area contributed by atoms with Crippen molar-refractivity contribution >= 4 is 25.4 Å². The normalized spacial score (nSPS) is 20.1. The lowest BCUT2D eigenvalue weighted by molar-refractivity contribution is -0.137. The first-order valence-electron chi connectivity index (χ1n) is 12.4. The molecule has 1 aromatic rings. The van der Waals surface area contributed by atoms with Gasteiger partial charge in [-0.3, -0.25) is 4.79 Å². The van der Waals surface area contributed by atoms with Gasteiger partial charge in [0.05, 0.1) is 12.3 Å². The Morgan fingerprint density at radius 2 is 1.82 bits per heavy atom. The molecule has 0 saturated carbocycles. The van der Waals surface area contributed by atoms with E-state index in [4.69, 9.17) is 24.1 Å². The van der Waals surface area contributed by atoms with Gasteiger partial charge in [-0.05, 0) is 56.2 Å². The SMILES string of the molecule is O=C1OCC/C=C/CC/C=C/C(=N/OCC(=O)N2CCCCC2)Cc2cc(OCOP(=O)(O)O)cc(O)c21. The molecule has 2 heterocycles. The number of rotatable bonds is 7. The minimum Gasteiger partial charge on any atom is -0.507 e. The number of phosphoric ester groups is 1. The number of phenols is 1. The number of oxime groups is 1. The molecule has 0 aliphatic carbocycles. The quantitative estimate of drug-likeness (QED) is 0.150. The van der Waals surface area contributed by atoms with E-state index in [0.717, 1.165) is 31.7 Å². The first-order chi connectivity index (χ1) is 18.2. The van der Waals surface area contributed by atoms with Crippen molar-refractivity contribution in [2.24, 2.45) is 5.16 Å². The summed E-state index contributed by atoms with van der Waals surface area (Å²) < 4.78 is 25.8. The molecule has 1 amide bonds. The van der Waals surface area contributed by atoms with Gasteiger partial charge in [-0.15, -0.1) is 0 Å². The van der Waals surface area contributed by atoms with Crippen LogP contribution in [0.25, 0.3) is 0 Å². The highest BCUT2D eigenvalue weighted by Gasteiger charge is 2.22. The molecule has 0 radical (unpaired) electrons. The Balaban J connectivity index is 1.85. The zero-order chi connectivity index (χ0) is 27.4. The molecular formula is C25H33N2O10P. The van der Waals surface area contributed by atoms with Crippen molar-refractivity contribution in [3.63, 3.8) is 0 Å². The number of amides is 1. The predicted molar refractivity (Wildman–Crippen MR) is 137 cm³/mol. The van der Waals surface area contributed by atoms with Crippen molar-refractivity contribution in [1.29, 1.82) is 0 Å². The number of carbonyl (C=O) groups excluding carboxylic acids is 2. The fraction of sp³-hybridized carbons (Fsp3) is 0.480. The summed E-state index contributed by atoms with van der Waals surface area (Å²) in [6.45, 7) is 0.469. The monoisotopic (exact) mass is 552 g/mol. The molecule has 0 unspecified atom stereocenters. The Labute approximate surface area is 220 Å². The van der Waals surface area contributed by atoms with E-state index in [1.54, 1.807) is 11.0 Å². The van der Waals surface area contributed by atoms with Gasteiger partial charge in [-0.25, -0.2) is 13.9 Å². The Bertz CT molecular complexity index is 1110. The molecule has 38 heavy (non-hydrogen) atoms. The summed E-state index contributed by atoms with van der Waals surface area (Å²) in [5.74, 6) is -1.38. The van der Waals surface area contributed by atoms with Crippen LogP contribution in [0.3, 0.4) is 0 Å². The topological polar surface area (TPSA) is 164 Å². The van der Waals surface area contributed by atoms with E-state index in [0.29, 0.717) is 31.6 Å². The van der Waals surface area contributed by atoms with Crippen molar-refractivity contribution in [3.05, 3.63) is 47.6 Å². The molecular weight excluding hydrogens is 519 g/mol. The van der Waals surface area contributed by atoms with Gasteiger partial charge in [0, 0.05) is 25.6 Å². The van der Waals surface area contributed by atoms with Crippen LogP contribution in [0.2, 0.25) is 0 Å². The van der Waals surface area contributed by atoms with Crippen LogP contribution in [0.15, 0.2) is 41.6 Å². The summed E-state index contributed by atoms with van der Waals surface area (Å²) >= 11 is 0. The van der Waals surface area contributed by atoms with Crippen LogP contribution < -0.4 is 4.74 Å². The number of piperidine rings is 1. The molecule has 12 nitrogen and oxygen atoms in total. The molecule has 13 heteroatoms. The molecule has 0 bridgehead atoms. The van der Waals surface area contributed by atoms with Crippen LogP contribution in [-0.4, -0.2) is 70.5 Å². The number of fused-ring (bicyclic) bond motifs is 1. The van der Waals surface area contributed by atoms with E-state index in [2.05, 4.69) is 9.68 Å². The van der Waals surface area contributed by atoms with Crippen LogP contribution in [-0.2, 0) is 29.9 Å². The maximum Gasteiger partial charge on any atom is 0.472 e. The highest BCUT2D eigenvalue weighted by Crippen LogP contribution is 2.36. The van der Waals surface area contributed by atoms with Gasteiger partial charge >= 0.3 is 13.8 Å². The van der Waals surface area contributed by atoms with Gasteiger partial charge in [0.25, 0.3) is 5.91 Å². The molecule has 208 valence electrons. The van der Waals surface area contributed by atoms with Gasteiger partial charge in [0.2, 0.25) is 0 Å². The second-order valence-electron chi connectivity index (χ2n) is 8.71. The largest absolute Gasteiger partial charge is 0.507 e. The lowest BCUT2D eigenvalue weighted by Gasteiger charge is -2.26. The third-order valence-corrected chi connectivity index (χ3v) is 6.21. The number of hydrogen-bond donors (Lipinski definition) is 3. The second kappa shape index (κ2) is 14.7. The Kier molecular flexibility index (Phi) is 11.3. The second-order valence-corrected chi connectivity index (χ2v) is 9.95. The van der Waals surface area contributed by atoms with Gasteiger partial charge < -0.3 is 34.1 Å². The number of esters is 1. The third-order valence-electron chi connectivity index (χ3n) is 5.77. The fourth-order valence-electron chi connectivity index (χ4n) is 3.94. The number of nitrogens with zero attached hydrogens (tertiary/aromatic N) is 2. The number of benzene rings is 1. The summed E-state index contributed by atoms with van der Waals surface area (Å²) in [5, 5.41) is 14.8. The third kappa shape index (κ3) is 9.94. The smallest absolute Gasteiger partial charge is 0.472 e. The molecule has 1 aromatic carbocycles. The van der Waals surface area contributed by atoms with Crippen LogP contribution in [0.5, 0.6) is 11.5 Å². The van der Waals surface area contributed by atoms with Gasteiger partial charge in [0.1, 0.15) is 17.1 Å². The predicted octanol–water partition coefficient (Wildman–Crippen LogP) is 3.22. The van der Waals surface area contributed by atoms with E-state index >= 15 is 0 Å². The Morgan fingerprint density at radius 3 is 2.58 bits per heavy atom. The van der Waals surface area contributed by atoms with E-state index in [1.165, 1.54) is 6.07 Å². The average molecular weight is 553 g/mol. The maximum absolute atomic E-state index is 12.8. The summed E-state index contributed by atoms with van der Waals surface area (Å²) in [7, 11) is -4.77. The summed E-state index contributed by atoms with van der Waals surface area (Å²) in [5.41, 5.74) is 0.525. The number of allylic oxidation sites excluding steroid dienone is 3. The van der Waals surface area contributed by atoms with Crippen LogP contribution >= 0.6 is 7.82 Å². The Hall–Kier alpha value is -3.18. The van der Waals surface area contributed by atoms with E-state index in [9.17, 15) is 19.3 Å². The summed E-state index contributed by atoms with van der Waals surface area (Å²) in [4.78, 5) is 50.1. The molecule has 0 atom stereocenters. The molecule has 0 spiro atoms. The average Bonchev–Trinajstić information content (AvgIpc) is 2.86. The van der Waals surface area contributed by atoms with Gasteiger partial charge in [-0.2, -0.15) is 0 Å². The molecule has 0 aromatic heterocycles. The number of ether oxygens (including phenoxy) is 2. The van der Waals surface area contributed by atoms with Crippen molar-refractivity contribution in [3.8, 4) is 11.5 Å². The number of aromatic hydroxyl groups is 1. The molecule has 2 aliphatic rings. The fourth-order valence-corrected chi connectivity index (χ4v) is 4.13. The van der Waals surface area contributed by atoms with Crippen molar-refractivity contribution < 1.29 is 47.9 Å². The number of carbonyl (C=O) groups is 2. The number of cyclic esters (lactones) is 1. The summed E-state index contributed by atoms with van der Waals surface area (Å²) in [6.07, 6.45) is 12.5. The van der Waals surface area contributed by atoms with E-state index < -0.39 is 26.3 Å². The Morgan fingerprint density at radius 1 is 1.08 bits per heavy atom. The maximum atomic E-state index is 12.8. The van der Waals surface area contributed by atoms with E-state index in [1.807, 2.05) is 18.2 Å². The number of phosphoric acid groups is 1. The number of phenolic OH excluding ortho intramolecular Hbond substituents is 1. The molecule has 3 N–H and O–H groups in total. The van der Waals surface area contributed by atoms with Crippen LogP contribution in [0.1, 0.15) is 54.4 Å². The molecule has 1 fully saturated rings. The highest BCUT2D eigenvalue weighted by atomic mass is 31.2. The zero-order valence-corrected chi connectivity index (χ0v) is 21.9. The van der Waals surface area contributed by atoms with E-state index in [-0.39, 0.29) is 42.4 Å². The first-order valence-corrected chi connectivity index (χ1v) is 13.9. The van der Waals surface area contributed by atoms with Crippen LogP contribution in [0.4, 0.5) is 0 Å². The van der Waals surface area contributed by atoms with Gasteiger partial charge in [-0.1, -0.05) is 23.4 Å². The highest BCUT2D eigenvalue weighted by molar-refractivity contribution is 7.46. The standard InChI is InChI=1S/C25H33N2O10P/c28-22-16-21(35-18-37-38(31,32)33)15-19-14-20(26-36-17-23(29)27-11-7-5-8-12-27)10-6-3-1-2-4-9-13-34-25(30)24(19)22/h2,4,6,10,15-16,28H,1,3,5,7-9,11-14,17-18H2,(H2,31,32,33)/b4-2+,10-6+,26-20-. The number of hydrogen-bond acceptors (Lipinski definition) is 9. The van der Waals surface area contributed by atoms with Crippen molar-refractivity contribution in [1.82, 2.24) is 4.90 Å². The van der Waals surface area contributed by atoms with Gasteiger partial charge in [0.15, 0.2) is 13.4 Å². The lowest BCUT2D eigenvalue weighted by atomic mass is 9.99. The first kappa shape index (κ1) is 29.4. The lowest BCUT2D eigenvalue weighted by Crippen LogP contribution is -2.37. The van der Waals surface area contributed by atoms with Crippen molar-refractivity contribution in [2.45, 2.75) is 44.9 Å². The zero-order valence-electron chi connectivity index (χ0n) is 21.0. The van der Waals surface area contributed by atoms with Crippen molar-refractivity contribution in [2.75, 3.05) is 33.1 Å². The minimum absolute atomic E-state index is 0.00120. The number of likely N-dealkylation sites (tertiary alicyclic amines) is 1. The minimum atomic E-state index is -4.77. The molecule has 1 saturated heterocycles. The molecule has 3 rings (SSSR count).